The molecule has 1 fully saturated rings. The maximum atomic E-state index is 12.2. The second-order valence-corrected chi connectivity index (χ2v) is 9.92. The fourth-order valence-electron chi connectivity index (χ4n) is 4.36. The lowest BCUT2D eigenvalue weighted by molar-refractivity contribution is -0.193. The largest absolute Gasteiger partial charge is 0.493 e. The third-order valence-corrected chi connectivity index (χ3v) is 6.64. The van der Waals surface area contributed by atoms with Crippen molar-refractivity contribution in [2.45, 2.75) is 45.0 Å². The van der Waals surface area contributed by atoms with Crippen LogP contribution in [0.1, 0.15) is 42.1 Å². The fraction of sp³-hybridized carbons (Fsp3) is 0.400. The van der Waals surface area contributed by atoms with Gasteiger partial charge in [0.2, 0.25) is 0 Å². The molecule has 2 aromatic carbocycles. The van der Waals surface area contributed by atoms with Crippen molar-refractivity contribution in [1.29, 1.82) is 0 Å². The minimum absolute atomic E-state index is 0.328. The molecule has 17 heteroatoms. The zero-order valence-corrected chi connectivity index (χ0v) is 25.4. The first kappa shape index (κ1) is 38.4. The minimum atomic E-state index is -5.08. The molecule has 0 aliphatic carbocycles. The van der Waals surface area contributed by atoms with E-state index < -0.39 is 30.2 Å². The molecule has 11 nitrogen and oxygen atoms in total. The Labute approximate surface area is 265 Å². The predicted molar refractivity (Wildman–Crippen MR) is 159 cm³/mol. The number of likely N-dealkylation sites (tertiary alicyclic amines) is 1. The van der Waals surface area contributed by atoms with Crippen LogP contribution < -0.4 is 20.5 Å². The average Bonchev–Trinajstić information content (AvgIpc) is 3.52. The zero-order valence-electron chi connectivity index (χ0n) is 25.4. The summed E-state index contributed by atoms with van der Waals surface area (Å²) < 4.78 is 75.2. The van der Waals surface area contributed by atoms with Crippen molar-refractivity contribution < 1.29 is 60.4 Å². The fourth-order valence-corrected chi connectivity index (χ4v) is 4.36. The van der Waals surface area contributed by atoms with Gasteiger partial charge in [0.25, 0.3) is 5.91 Å². The van der Waals surface area contributed by atoms with Gasteiger partial charge in [0, 0.05) is 29.9 Å². The molecule has 1 aromatic heterocycles. The van der Waals surface area contributed by atoms with Crippen LogP contribution >= 0.6 is 0 Å². The van der Waals surface area contributed by atoms with E-state index in [2.05, 4.69) is 28.2 Å². The molecule has 258 valence electrons. The van der Waals surface area contributed by atoms with Gasteiger partial charge in [-0.1, -0.05) is 25.1 Å². The molecule has 1 amide bonds. The quantitative estimate of drug-likeness (QED) is 0.153. The number of primary amides is 1. The van der Waals surface area contributed by atoms with Crippen molar-refractivity contribution in [3.8, 4) is 11.5 Å². The lowest BCUT2D eigenvalue weighted by atomic mass is 10.1. The van der Waals surface area contributed by atoms with Gasteiger partial charge in [-0.05, 0) is 56.5 Å². The summed E-state index contributed by atoms with van der Waals surface area (Å²) in [6.07, 6.45) is -4.26. The summed E-state index contributed by atoms with van der Waals surface area (Å²) in [5.41, 5.74) is 9.40. The van der Waals surface area contributed by atoms with Crippen LogP contribution in [0.4, 0.5) is 37.7 Å². The van der Waals surface area contributed by atoms with E-state index in [0.717, 1.165) is 36.0 Å². The number of nitrogens with two attached hydrogens (primary N) is 1. The highest BCUT2D eigenvalue weighted by molar-refractivity contribution is 6.08. The number of nitrogens with zero attached hydrogens (tertiary/aromatic N) is 2. The molecule has 5 N–H and O–H groups in total. The van der Waals surface area contributed by atoms with Crippen LogP contribution in [0.2, 0.25) is 0 Å². The topological polar surface area (TPSA) is 164 Å². The van der Waals surface area contributed by atoms with Crippen molar-refractivity contribution in [2.24, 2.45) is 5.73 Å². The number of carboxylic acid groups (broad SMARTS) is 2. The summed E-state index contributed by atoms with van der Waals surface area (Å²) in [7, 11) is 1.61. The Hall–Kier alpha value is -4.80. The van der Waals surface area contributed by atoms with Crippen molar-refractivity contribution >= 4 is 40.1 Å². The molecule has 1 aliphatic heterocycles. The monoisotopic (exact) mass is 676 g/mol. The number of para-hydroxylation sites is 1. The van der Waals surface area contributed by atoms with Crippen molar-refractivity contribution in [2.75, 3.05) is 38.7 Å². The molecule has 3 aromatic rings. The summed E-state index contributed by atoms with van der Waals surface area (Å²) in [6, 6.07) is 11.7. The van der Waals surface area contributed by atoms with E-state index in [4.69, 9.17) is 35.0 Å². The van der Waals surface area contributed by atoms with Crippen molar-refractivity contribution in [3.05, 3.63) is 53.7 Å². The van der Waals surface area contributed by atoms with Crippen molar-refractivity contribution in [1.82, 2.24) is 9.88 Å². The van der Waals surface area contributed by atoms with E-state index >= 15 is 0 Å². The van der Waals surface area contributed by atoms with Gasteiger partial charge in [-0.2, -0.15) is 26.3 Å². The first-order valence-corrected chi connectivity index (χ1v) is 14.1. The number of alkyl halides is 6. The van der Waals surface area contributed by atoms with Crippen LogP contribution in [0.25, 0.3) is 10.9 Å². The number of carboxylic acids is 2. The first-order valence-electron chi connectivity index (χ1n) is 14.1. The molecule has 4 rings (SSSR count). The van der Waals surface area contributed by atoms with E-state index in [-0.39, 0.29) is 0 Å². The number of nitrogens with one attached hydrogen (secondary N) is 1. The van der Waals surface area contributed by atoms with Gasteiger partial charge in [0.1, 0.15) is 0 Å². The molecule has 1 aliphatic rings. The summed E-state index contributed by atoms with van der Waals surface area (Å²) in [6.45, 7) is 6.11. The molecule has 0 saturated carbocycles. The first-order chi connectivity index (χ1) is 22.0. The van der Waals surface area contributed by atoms with Gasteiger partial charge in [0.05, 0.1) is 30.5 Å². The normalized spacial score (nSPS) is 13.1. The standard InChI is InChI=1S/C26H32N4O3.2C2HF3O2/c1-3-18-9-4-5-10-21(18)29-25-19-15-23(32-2)24(16-22(19)28-17-20(25)26(27)31)33-14-8-13-30-11-6-7-12-30;2*3-2(4,5)1(6)7/h4-5,9-10,15-17H,3,6-8,11-14H2,1-2H3,(H2,27,31)(H,28,29);2*(H,6,7). The van der Waals surface area contributed by atoms with E-state index in [9.17, 15) is 31.1 Å². The highest BCUT2D eigenvalue weighted by Gasteiger charge is 2.38. The number of hydrogen-bond acceptors (Lipinski definition) is 8. The van der Waals surface area contributed by atoms with Gasteiger partial charge in [-0.15, -0.1) is 0 Å². The lowest BCUT2D eigenvalue weighted by Gasteiger charge is -2.18. The van der Waals surface area contributed by atoms with Crippen molar-refractivity contribution in [3.63, 3.8) is 0 Å². The molecular weight excluding hydrogens is 642 g/mol. The number of aromatic nitrogens is 1. The number of pyridine rings is 1. The SMILES string of the molecule is CCc1ccccc1Nc1c(C(N)=O)cnc2cc(OCCCN3CCCC3)c(OC)cc12.O=C(O)C(F)(F)F.O=C(O)C(F)(F)F. The smallest absolute Gasteiger partial charge is 0.490 e. The Balaban J connectivity index is 0.000000459. The molecule has 1 saturated heterocycles. The number of halogens is 6. The third kappa shape index (κ3) is 11.8. The molecule has 47 heavy (non-hydrogen) atoms. The maximum Gasteiger partial charge on any atom is 0.490 e. The van der Waals surface area contributed by atoms with Gasteiger partial charge in [-0.3, -0.25) is 9.78 Å². The summed E-state index contributed by atoms with van der Waals surface area (Å²) in [5.74, 6) is -4.81. The van der Waals surface area contributed by atoms with E-state index in [1.54, 1.807) is 7.11 Å². The molecule has 0 bridgehead atoms. The number of methoxy groups -OCH3 is 1. The van der Waals surface area contributed by atoms with Gasteiger partial charge >= 0.3 is 24.3 Å². The Kier molecular flexibility index (Phi) is 14.1. The zero-order chi connectivity index (χ0) is 35.4. The predicted octanol–water partition coefficient (Wildman–Crippen LogP) is 5.78. The van der Waals surface area contributed by atoms with E-state index in [1.165, 1.54) is 32.1 Å². The number of aliphatic carboxylic acids is 2. The summed E-state index contributed by atoms with van der Waals surface area (Å²) >= 11 is 0. The van der Waals surface area contributed by atoms with Crippen LogP contribution in [0.15, 0.2) is 42.6 Å². The molecule has 0 spiro atoms. The summed E-state index contributed by atoms with van der Waals surface area (Å²) in [5, 5.41) is 18.4. The Bertz CT molecular complexity index is 1500. The van der Waals surface area contributed by atoms with Crippen LogP contribution in [0.3, 0.4) is 0 Å². The molecule has 0 atom stereocenters. The molecule has 0 unspecified atom stereocenters. The minimum Gasteiger partial charge on any atom is -0.493 e. The Morgan fingerprint density at radius 1 is 0.979 bits per heavy atom. The number of aryl methyl sites for hydroxylation is 1. The second kappa shape index (κ2) is 17.2. The Morgan fingerprint density at radius 3 is 2.06 bits per heavy atom. The number of carbonyl (C=O) groups is 3. The van der Waals surface area contributed by atoms with E-state index in [0.29, 0.717) is 34.9 Å². The maximum absolute atomic E-state index is 12.2. The third-order valence-electron chi connectivity index (χ3n) is 6.64. The average molecular weight is 677 g/mol. The number of amides is 1. The van der Waals surface area contributed by atoms with Crippen LogP contribution in [0.5, 0.6) is 11.5 Å². The highest BCUT2D eigenvalue weighted by atomic mass is 19.4. The second-order valence-electron chi connectivity index (χ2n) is 9.92. The number of fused-ring (bicyclic) bond motifs is 1. The van der Waals surface area contributed by atoms with E-state index in [1.807, 2.05) is 30.3 Å². The number of ether oxygens (including phenoxy) is 2. The Morgan fingerprint density at radius 2 is 1.55 bits per heavy atom. The number of rotatable bonds is 10. The lowest BCUT2D eigenvalue weighted by Crippen LogP contribution is -2.21. The molecule has 2 heterocycles. The van der Waals surface area contributed by atoms with Gasteiger partial charge in [0.15, 0.2) is 11.5 Å². The van der Waals surface area contributed by atoms with Crippen LogP contribution in [-0.2, 0) is 16.0 Å². The summed E-state index contributed by atoms with van der Waals surface area (Å²) in [4.78, 5) is 37.0. The molecule has 0 radical (unpaired) electrons. The number of anilines is 2. The van der Waals surface area contributed by atoms with Gasteiger partial charge in [-0.25, -0.2) is 9.59 Å². The number of carbonyl (C=O) groups excluding carboxylic acids is 1. The number of benzene rings is 2. The molecular formula is C30H34F6N4O7. The van der Waals surface area contributed by atoms with Crippen LogP contribution in [0, 0.1) is 0 Å². The van der Waals surface area contributed by atoms with Crippen LogP contribution in [-0.4, -0.2) is 83.6 Å². The van der Waals surface area contributed by atoms with Gasteiger partial charge < -0.3 is 35.6 Å². The number of hydrogen-bond donors (Lipinski definition) is 4. The highest BCUT2D eigenvalue weighted by Crippen LogP contribution is 2.38.